The fraction of sp³-hybridized carbons (Fsp3) is 0.125. The normalized spacial score (nSPS) is 11.4. The number of pyridine rings is 2. The zero-order chi connectivity index (χ0) is 24.7. The molecule has 0 spiro atoms. The molecule has 0 aliphatic carbocycles. The van der Waals surface area contributed by atoms with Crippen molar-refractivity contribution in [2.24, 2.45) is 0 Å². The number of aromatic nitrogens is 3. The monoisotopic (exact) mass is 662 g/mol. The van der Waals surface area contributed by atoms with Crippen LogP contribution in [0, 0.1) is 12.1 Å². The quantitative estimate of drug-likeness (QED) is 0.180. The van der Waals surface area contributed by atoms with E-state index in [0.717, 1.165) is 33.4 Å². The Labute approximate surface area is 231 Å². The van der Waals surface area contributed by atoms with Crippen LogP contribution in [0.1, 0.15) is 26.3 Å². The minimum absolute atomic E-state index is 0. The molecule has 3 aromatic heterocycles. The summed E-state index contributed by atoms with van der Waals surface area (Å²) >= 11 is 0. The first-order chi connectivity index (χ1) is 17.5. The molecular formula is C32H25N3OPt. The molecule has 184 valence electrons. The number of para-hydroxylation sites is 1. The maximum absolute atomic E-state index is 6.11. The summed E-state index contributed by atoms with van der Waals surface area (Å²) in [5.41, 5.74) is 5.11. The molecule has 0 saturated heterocycles. The van der Waals surface area contributed by atoms with Crippen molar-refractivity contribution in [1.29, 1.82) is 0 Å². The molecule has 0 amide bonds. The molecule has 0 unspecified atom stereocenters. The fourth-order valence-electron chi connectivity index (χ4n) is 4.48. The van der Waals surface area contributed by atoms with Crippen molar-refractivity contribution in [3.63, 3.8) is 0 Å². The van der Waals surface area contributed by atoms with Gasteiger partial charge in [0.05, 0.1) is 0 Å². The second-order valence-corrected chi connectivity index (χ2v) is 9.84. The first-order valence-electron chi connectivity index (χ1n) is 12.0. The van der Waals surface area contributed by atoms with Crippen LogP contribution in [-0.4, -0.2) is 14.5 Å². The second kappa shape index (κ2) is 9.95. The summed E-state index contributed by atoms with van der Waals surface area (Å²) in [5.74, 6) is 2.04. The minimum Gasteiger partial charge on any atom is -0.460 e. The van der Waals surface area contributed by atoms with Gasteiger partial charge < -0.3 is 9.30 Å². The Balaban J connectivity index is 0.00000280. The van der Waals surface area contributed by atoms with Gasteiger partial charge in [-0.1, -0.05) is 50.4 Å². The van der Waals surface area contributed by atoms with Crippen LogP contribution in [0.2, 0.25) is 0 Å². The van der Waals surface area contributed by atoms with Gasteiger partial charge in [0.15, 0.2) is 0 Å². The predicted molar refractivity (Wildman–Crippen MR) is 145 cm³/mol. The molecule has 6 rings (SSSR count). The van der Waals surface area contributed by atoms with Crippen LogP contribution in [0.5, 0.6) is 11.6 Å². The summed E-state index contributed by atoms with van der Waals surface area (Å²) in [5, 5.41) is 2.31. The zero-order valence-electron chi connectivity index (χ0n) is 20.8. The van der Waals surface area contributed by atoms with Gasteiger partial charge in [-0.05, 0) is 46.1 Å². The summed E-state index contributed by atoms with van der Waals surface area (Å²) in [6.45, 7) is 6.53. The Hall–Kier alpha value is -3.75. The van der Waals surface area contributed by atoms with Crippen LogP contribution in [0.3, 0.4) is 0 Å². The largest absolute Gasteiger partial charge is 2.00 e. The van der Waals surface area contributed by atoms with E-state index in [1.54, 1.807) is 6.20 Å². The molecule has 5 heteroatoms. The first kappa shape index (κ1) is 24.9. The SMILES string of the molecule is CC(C)(C)c1ccnc(Oc2[c-]c(-c3[c-]c4c(cc3)c3ccccc3n4-c3ccccn3)ccc2)c1.[Pt+2]. The van der Waals surface area contributed by atoms with Crippen molar-refractivity contribution in [2.45, 2.75) is 26.2 Å². The van der Waals surface area contributed by atoms with Crippen molar-refractivity contribution in [3.05, 3.63) is 115 Å². The van der Waals surface area contributed by atoms with Crippen molar-refractivity contribution >= 4 is 21.8 Å². The van der Waals surface area contributed by atoms with E-state index in [1.807, 2.05) is 54.7 Å². The molecule has 0 aliphatic rings. The minimum atomic E-state index is 0. The summed E-state index contributed by atoms with van der Waals surface area (Å²) in [6.07, 6.45) is 3.61. The number of rotatable bonds is 4. The van der Waals surface area contributed by atoms with Gasteiger partial charge in [-0.25, -0.2) is 21.1 Å². The third-order valence-electron chi connectivity index (χ3n) is 6.34. The standard InChI is InChI=1S/C32H25N3O.Pt/c1-32(2,3)24-16-18-34-31(21-24)36-25-10-8-9-22(19-25)23-14-15-27-26-11-4-5-12-28(26)35(29(27)20-23)30-13-6-7-17-33-30;/h4-18,21H,1-3H3;/q-2;+2. The van der Waals surface area contributed by atoms with Crippen LogP contribution >= 0.6 is 0 Å². The first-order valence-corrected chi connectivity index (χ1v) is 12.0. The Morgan fingerprint density at radius 1 is 0.730 bits per heavy atom. The van der Waals surface area contributed by atoms with Crippen LogP contribution in [0.4, 0.5) is 0 Å². The third-order valence-corrected chi connectivity index (χ3v) is 6.34. The molecule has 3 aromatic carbocycles. The van der Waals surface area contributed by atoms with E-state index in [1.165, 1.54) is 10.9 Å². The molecule has 4 nitrogen and oxygen atoms in total. The maximum Gasteiger partial charge on any atom is 2.00 e. The van der Waals surface area contributed by atoms with Crippen LogP contribution in [0.25, 0.3) is 38.8 Å². The van der Waals surface area contributed by atoms with Crippen molar-refractivity contribution in [2.75, 3.05) is 0 Å². The number of benzene rings is 3. The van der Waals surface area contributed by atoms with Gasteiger partial charge in [-0.2, -0.15) is 24.3 Å². The molecule has 0 radical (unpaired) electrons. The number of fused-ring (bicyclic) bond motifs is 3. The van der Waals surface area contributed by atoms with Gasteiger partial charge >= 0.3 is 21.1 Å². The van der Waals surface area contributed by atoms with Crippen molar-refractivity contribution in [1.82, 2.24) is 14.5 Å². The van der Waals surface area contributed by atoms with Crippen LogP contribution in [0.15, 0.2) is 97.3 Å². The molecule has 0 bridgehead atoms. The average molecular weight is 663 g/mol. The summed E-state index contributed by atoms with van der Waals surface area (Å²) in [4.78, 5) is 9.02. The molecule has 3 heterocycles. The summed E-state index contributed by atoms with van der Waals surface area (Å²) in [7, 11) is 0. The van der Waals surface area contributed by atoms with Gasteiger partial charge in [0, 0.05) is 29.7 Å². The zero-order valence-corrected chi connectivity index (χ0v) is 23.1. The van der Waals surface area contributed by atoms with Gasteiger partial charge in [0.1, 0.15) is 5.82 Å². The van der Waals surface area contributed by atoms with Gasteiger partial charge in [0.25, 0.3) is 0 Å². The van der Waals surface area contributed by atoms with Crippen molar-refractivity contribution in [3.8, 4) is 28.6 Å². The Morgan fingerprint density at radius 3 is 2.35 bits per heavy atom. The van der Waals surface area contributed by atoms with E-state index >= 15 is 0 Å². The fourth-order valence-corrected chi connectivity index (χ4v) is 4.48. The Kier molecular flexibility index (Phi) is 6.70. The predicted octanol–water partition coefficient (Wildman–Crippen LogP) is 7.93. The molecule has 0 atom stereocenters. The van der Waals surface area contributed by atoms with E-state index in [-0.39, 0.29) is 26.5 Å². The third kappa shape index (κ3) is 4.82. The number of ether oxygens (including phenoxy) is 1. The number of hydrogen-bond acceptors (Lipinski definition) is 3. The van der Waals surface area contributed by atoms with E-state index in [0.29, 0.717) is 11.6 Å². The summed E-state index contributed by atoms with van der Waals surface area (Å²) in [6, 6.07) is 35.5. The van der Waals surface area contributed by atoms with Gasteiger partial charge in [-0.15, -0.1) is 18.2 Å². The van der Waals surface area contributed by atoms with Crippen LogP contribution < -0.4 is 4.74 Å². The molecule has 37 heavy (non-hydrogen) atoms. The summed E-state index contributed by atoms with van der Waals surface area (Å²) < 4.78 is 8.27. The maximum atomic E-state index is 6.11. The molecule has 0 N–H and O–H groups in total. The smallest absolute Gasteiger partial charge is 0.460 e. The molecule has 0 fully saturated rings. The van der Waals surface area contributed by atoms with Crippen LogP contribution in [-0.2, 0) is 26.5 Å². The second-order valence-electron chi connectivity index (χ2n) is 9.84. The van der Waals surface area contributed by atoms with Gasteiger partial charge in [0.2, 0.25) is 5.88 Å². The van der Waals surface area contributed by atoms with E-state index in [4.69, 9.17) is 4.74 Å². The molecular weight excluding hydrogens is 637 g/mol. The van der Waals surface area contributed by atoms with Gasteiger partial charge in [-0.3, -0.25) is 0 Å². The van der Waals surface area contributed by atoms with Crippen molar-refractivity contribution < 1.29 is 25.8 Å². The van der Waals surface area contributed by atoms with E-state index in [9.17, 15) is 0 Å². The topological polar surface area (TPSA) is 39.9 Å². The Bertz CT molecular complexity index is 1700. The molecule has 6 aromatic rings. The Morgan fingerprint density at radius 2 is 1.54 bits per heavy atom. The number of nitrogens with zero attached hydrogens (tertiary/aromatic N) is 3. The molecule has 0 aliphatic heterocycles. The van der Waals surface area contributed by atoms with E-state index < -0.39 is 0 Å². The van der Waals surface area contributed by atoms with E-state index in [2.05, 4.69) is 83.8 Å². The average Bonchev–Trinajstić information content (AvgIpc) is 3.23. The number of hydrogen-bond donors (Lipinski definition) is 0. The molecule has 0 saturated carbocycles.